The van der Waals surface area contributed by atoms with Crippen LogP contribution in [-0.2, 0) is 4.79 Å². The summed E-state index contributed by atoms with van der Waals surface area (Å²) in [5.41, 5.74) is 0.641. The van der Waals surface area contributed by atoms with Gasteiger partial charge in [-0.3, -0.25) is 14.5 Å². The second-order valence-electron chi connectivity index (χ2n) is 4.65. The summed E-state index contributed by atoms with van der Waals surface area (Å²) < 4.78 is 16.2. The summed E-state index contributed by atoms with van der Waals surface area (Å²) in [5, 5.41) is -0.377. The first-order chi connectivity index (χ1) is 11.1. The van der Waals surface area contributed by atoms with Gasteiger partial charge in [-0.05, 0) is 30.8 Å². The summed E-state index contributed by atoms with van der Waals surface area (Å²) in [6, 6.07) is 3.44. The quantitative estimate of drug-likeness (QED) is 0.624. The van der Waals surface area contributed by atoms with Crippen LogP contribution in [0.1, 0.15) is 12.5 Å². The Bertz CT molecular complexity index is 750. The number of carbonyl (C=O) groups is 2. The van der Waals surface area contributed by atoms with E-state index in [0.717, 1.165) is 16.7 Å². The number of carbonyl (C=O) groups excluding carboxylic acids is 2. The average molecular weight is 331 g/mol. The van der Waals surface area contributed by atoms with Gasteiger partial charge in [-0.1, -0.05) is 5.92 Å². The maximum atomic E-state index is 12.2. The van der Waals surface area contributed by atoms with Crippen LogP contribution in [0.3, 0.4) is 0 Å². The Balaban J connectivity index is 1.97. The van der Waals surface area contributed by atoms with Gasteiger partial charge in [0.15, 0.2) is 11.5 Å². The molecule has 3 rings (SSSR count). The second kappa shape index (κ2) is 6.26. The topological polar surface area (TPSA) is 65.1 Å². The van der Waals surface area contributed by atoms with Crippen molar-refractivity contribution in [3.63, 3.8) is 0 Å². The maximum absolute atomic E-state index is 12.2. The van der Waals surface area contributed by atoms with Crippen LogP contribution in [0.15, 0.2) is 17.0 Å². The largest absolute Gasteiger partial charge is 0.493 e. The maximum Gasteiger partial charge on any atom is 0.294 e. The lowest BCUT2D eigenvalue weighted by Gasteiger charge is -2.09. The van der Waals surface area contributed by atoms with Gasteiger partial charge < -0.3 is 14.2 Å². The van der Waals surface area contributed by atoms with Crippen molar-refractivity contribution in [1.82, 2.24) is 4.90 Å². The normalized spacial score (nSPS) is 17.7. The van der Waals surface area contributed by atoms with Crippen molar-refractivity contribution in [2.75, 3.05) is 19.9 Å². The van der Waals surface area contributed by atoms with E-state index in [1.807, 2.05) is 6.92 Å². The molecule has 2 aliphatic rings. The zero-order valence-corrected chi connectivity index (χ0v) is 13.1. The van der Waals surface area contributed by atoms with Crippen LogP contribution in [0, 0.1) is 12.3 Å². The zero-order valence-electron chi connectivity index (χ0n) is 12.3. The number of hydrogen-bond acceptors (Lipinski definition) is 6. The standard InChI is InChI=1S/C16H13NO5S/c1-3-5-17-15(18)14(23-16(17)19)7-10-6-12-13(22-9-21-12)8-11(10)20-4-2/h1,6-8H,4-5,9H2,2H3/b14-7+. The molecule has 0 saturated carbocycles. The molecule has 0 aromatic heterocycles. The lowest BCUT2D eigenvalue weighted by atomic mass is 10.1. The fourth-order valence-corrected chi connectivity index (χ4v) is 3.03. The minimum absolute atomic E-state index is 0.0402. The molecular weight excluding hydrogens is 318 g/mol. The van der Waals surface area contributed by atoms with Gasteiger partial charge in [0, 0.05) is 11.6 Å². The number of nitrogens with zero attached hydrogens (tertiary/aromatic N) is 1. The Kier molecular flexibility index (Phi) is 4.17. The van der Waals surface area contributed by atoms with Crippen molar-refractivity contribution < 1.29 is 23.8 Å². The first-order valence-electron chi connectivity index (χ1n) is 6.89. The number of rotatable bonds is 4. The molecule has 1 aromatic rings. The van der Waals surface area contributed by atoms with Crippen LogP contribution in [0.4, 0.5) is 4.79 Å². The number of benzene rings is 1. The Hall–Kier alpha value is -2.59. The molecule has 0 spiro atoms. The molecule has 6 nitrogen and oxygen atoms in total. The third-order valence-electron chi connectivity index (χ3n) is 3.21. The van der Waals surface area contributed by atoms with Crippen LogP contribution in [0.25, 0.3) is 6.08 Å². The summed E-state index contributed by atoms with van der Waals surface area (Å²) in [6.45, 7) is 2.42. The van der Waals surface area contributed by atoms with E-state index in [-0.39, 0.29) is 18.6 Å². The first kappa shape index (κ1) is 15.3. The number of amides is 2. The molecular formula is C16H13NO5S. The minimum Gasteiger partial charge on any atom is -0.493 e. The Morgan fingerprint density at radius 3 is 2.83 bits per heavy atom. The predicted molar refractivity (Wildman–Crippen MR) is 85.2 cm³/mol. The van der Waals surface area contributed by atoms with Crippen LogP contribution >= 0.6 is 11.8 Å². The predicted octanol–water partition coefficient (Wildman–Crippen LogP) is 2.48. The Morgan fingerprint density at radius 2 is 2.13 bits per heavy atom. The van der Waals surface area contributed by atoms with Crippen molar-refractivity contribution in [1.29, 1.82) is 0 Å². The van der Waals surface area contributed by atoms with E-state index in [2.05, 4.69) is 5.92 Å². The van der Waals surface area contributed by atoms with E-state index in [0.29, 0.717) is 34.3 Å². The molecule has 7 heteroatoms. The highest BCUT2D eigenvalue weighted by Crippen LogP contribution is 2.41. The van der Waals surface area contributed by atoms with Gasteiger partial charge in [-0.25, -0.2) is 0 Å². The molecule has 0 unspecified atom stereocenters. The average Bonchev–Trinajstić information content (AvgIpc) is 3.08. The Labute approximate surface area is 137 Å². The van der Waals surface area contributed by atoms with Gasteiger partial charge in [-0.2, -0.15) is 0 Å². The van der Waals surface area contributed by atoms with Crippen molar-refractivity contribution in [2.24, 2.45) is 0 Å². The van der Waals surface area contributed by atoms with Gasteiger partial charge in [0.25, 0.3) is 11.1 Å². The monoisotopic (exact) mass is 331 g/mol. The van der Waals surface area contributed by atoms with Gasteiger partial charge in [0.2, 0.25) is 6.79 Å². The molecule has 1 saturated heterocycles. The molecule has 1 aromatic carbocycles. The highest BCUT2D eigenvalue weighted by atomic mass is 32.2. The van der Waals surface area contributed by atoms with Crippen LogP contribution in [-0.4, -0.2) is 36.0 Å². The molecule has 23 heavy (non-hydrogen) atoms. The second-order valence-corrected chi connectivity index (χ2v) is 5.64. The number of imide groups is 1. The summed E-state index contributed by atoms with van der Waals surface area (Å²) >= 11 is 0.852. The lowest BCUT2D eigenvalue weighted by molar-refractivity contribution is -0.122. The molecule has 1 fully saturated rings. The van der Waals surface area contributed by atoms with Crippen LogP contribution in [0.2, 0.25) is 0 Å². The number of terminal acetylenes is 1. The summed E-state index contributed by atoms with van der Waals surface area (Å²) in [6.07, 6.45) is 6.79. The molecule has 0 radical (unpaired) electrons. The van der Waals surface area contributed by atoms with E-state index < -0.39 is 5.91 Å². The van der Waals surface area contributed by atoms with Crippen molar-refractivity contribution in [2.45, 2.75) is 6.92 Å². The van der Waals surface area contributed by atoms with E-state index in [4.69, 9.17) is 20.6 Å². The molecule has 0 bridgehead atoms. The fourth-order valence-electron chi connectivity index (χ4n) is 2.20. The van der Waals surface area contributed by atoms with Crippen LogP contribution < -0.4 is 14.2 Å². The fraction of sp³-hybridized carbons (Fsp3) is 0.250. The highest BCUT2D eigenvalue weighted by Gasteiger charge is 2.34. The molecule has 2 amide bonds. The van der Waals surface area contributed by atoms with Crippen LogP contribution in [0.5, 0.6) is 17.2 Å². The molecule has 2 aliphatic heterocycles. The molecule has 118 valence electrons. The van der Waals surface area contributed by atoms with E-state index in [1.165, 1.54) is 0 Å². The molecule has 2 heterocycles. The first-order valence-corrected chi connectivity index (χ1v) is 7.71. The third kappa shape index (κ3) is 2.85. The molecule has 0 aliphatic carbocycles. The smallest absolute Gasteiger partial charge is 0.294 e. The van der Waals surface area contributed by atoms with Gasteiger partial charge in [0.05, 0.1) is 18.1 Å². The molecule has 0 atom stereocenters. The van der Waals surface area contributed by atoms with Crippen molar-refractivity contribution in [3.8, 4) is 29.6 Å². The van der Waals surface area contributed by atoms with Gasteiger partial charge in [-0.15, -0.1) is 6.42 Å². The Morgan fingerprint density at radius 1 is 1.39 bits per heavy atom. The third-order valence-corrected chi connectivity index (χ3v) is 4.12. The zero-order chi connectivity index (χ0) is 16.4. The number of thioether (sulfide) groups is 1. The summed E-state index contributed by atoms with van der Waals surface area (Å²) in [4.78, 5) is 25.4. The number of ether oxygens (including phenoxy) is 3. The van der Waals surface area contributed by atoms with E-state index in [1.54, 1.807) is 18.2 Å². The lowest BCUT2D eigenvalue weighted by Crippen LogP contribution is -2.28. The molecule has 0 N–H and O–H groups in total. The SMILES string of the molecule is C#CCN1C(=O)S/C(=C/c2cc3c(cc2OCC)OCO3)C1=O. The number of hydrogen-bond donors (Lipinski definition) is 0. The summed E-state index contributed by atoms with van der Waals surface area (Å²) in [5.74, 6) is 3.62. The minimum atomic E-state index is -0.405. The van der Waals surface area contributed by atoms with E-state index in [9.17, 15) is 9.59 Å². The van der Waals surface area contributed by atoms with Crippen molar-refractivity contribution in [3.05, 3.63) is 22.6 Å². The van der Waals surface area contributed by atoms with Gasteiger partial charge >= 0.3 is 0 Å². The van der Waals surface area contributed by atoms with Crippen molar-refractivity contribution >= 4 is 29.0 Å². The van der Waals surface area contributed by atoms with Gasteiger partial charge in [0.1, 0.15) is 5.75 Å². The summed E-state index contributed by atoms with van der Waals surface area (Å²) in [7, 11) is 0. The number of fused-ring (bicyclic) bond motifs is 1. The van der Waals surface area contributed by atoms with E-state index >= 15 is 0 Å². The highest BCUT2D eigenvalue weighted by molar-refractivity contribution is 8.18.